The summed E-state index contributed by atoms with van der Waals surface area (Å²) in [5, 5.41) is 2.78. The molecule has 1 aromatic rings. The maximum Gasteiger partial charge on any atom is 0.255 e. The van der Waals surface area contributed by atoms with Crippen molar-refractivity contribution in [2.75, 3.05) is 27.3 Å². The van der Waals surface area contributed by atoms with Gasteiger partial charge in [0, 0.05) is 24.2 Å². The standard InChI is InChI=1S/C13H14N2O4/c1-18-9-5-7-8(6-10(9)19-2)13(17)15-4-3-14-12(16)11(7)15/h5-6,11H,3-4H2,1-2H3,(H,14,16). The van der Waals surface area contributed by atoms with E-state index >= 15 is 0 Å². The molecule has 0 aromatic heterocycles. The fourth-order valence-electron chi connectivity index (χ4n) is 2.66. The summed E-state index contributed by atoms with van der Waals surface area (Å²) in [5.74, 6) is 0.741. The van der Waals surface area contributed by atoms with Gasteiger partial charge in [0.15, 0.2) is 11.5 Å². The minimum Gasteiger partial charge on any atom is -0.493 e. The fraction of sp³-hybridized carbons (Fsp3) is 0.385. The van der Waals surface area contributed by atoms with Crippen molar-refractivity contribution >= 4 is 11.8 Å². The van der Waals surface area contributed by atoms with Crippen molar-refractivity contribution in [3.63, 3.8) is 0 Å². The van der Waals surface area contributed by atoms with Crippen LogP contribution in [0.4, 0.5) is 0 Å². The van der Waals surface area contributed by atoms with Gasteiger partial charge >= 0.3 is 0 Å². The molecular formula is C13H14N2O4. The van der Waals surface area contributed by atoms with Crippen LogP contribution in [-0.2, 0) is 4.79 Å². The average molecular weight is 262 g/mol. The van der Waals surface area contributed by atoms with Crippen molar-refractivity contribution in [3.8, 4) is 11.5 Å². The number of fused-ring (bicyclic) bond motifs is 3. The third-order valence-electron chi connectivity index (χ3n) is 3.55. The zero-order valence-corrected chi connectivity index (χ0v) is 10.7. The first-order valence-electron chi connectivity index (χ1n) is 6.02. The Morgan fingerprint density at radius 2 is 1.89 bits per heavy atom. The molecule has 1 N–H and O–H groups in total. The van der Waals surface area contributed by atoms with E-state index in [0.717, 1.165) is 0 Å². The second-order valence-electron chi connectivity index (χ2n) is 4.49. The van der Waals surface area contributed by atoms with Crippen LogP contribution in [0.5, 0.6) is 11.5 Å². The molecule has 1 unspecified atom stereocenters. The van der Waals surface area contributed by atoms with Crippen molar-refractivity contribution < 1.29 is 19.1 Å². The molecule has 1 aromatic carbocycles. The van der Waals surface area contributed by atoms with E-state index in [1.807, 2.05) is 0 Å². The van der Waals surface area contributed by atoms with Crippen LogP contribution in [0.15, 0.2) is 12.1 Å². The zero-order chi connectivity index (χ0) is 13.6. The Morgan fingerprint density at radius 1 is 1.21 bits per heavy atom. The van der Waals surface area contributed by atoms with Crippen LogP contribution < -0.4 is 14.8 Å². The summed E-state index contributed by atoms with van der Waals surface area (Å²) in [5.41, 5.74) is 1.19. The van der Waals surface area contributed by atoms with Gasteiger partial charge in [0.1, 0.15) is 6.04 Å². The van der Waals surface area contributed by atoms with E-state index in [2.05, 4.69) is 5.32 Å². The fourth-order valence-corrected chi connectivity index (χ4v) is 2.66. The lowest BCUT2D eigenvalue weighted by molar-refractivity contribution is -0.127. The van der Waals surface area contributed by atoms with Gasteiger partial charge in [-0.2, -0.15) is 0 Å². The molecule has 2 heterocycles. The summed E-state index contributed by atoms with van der Waals surface area (Å²) in [6, 6.07) is 2.81. The number of ether oxygens (including phenoxy) is 2. The molecule has 100 valence electrons. The number of rotatable bonds is 2. The molecule has 1 saturated heterocycles. The first-order valence-corrected chi connectivity index (χ1v) is 6.02. The number of amides is 2. The Labute approximate surface area is 110 Å². The van der Waals surface area contributed by atoms with Gasteiger partial charge in [0.05, 0.1) is 14.2 Å². The van der Waals surface area contributed by atoms with Gasteiger partial charge < -0.3 is 19.7 Å². The van der Waals surface area contributed by atoms with Crippen molar-refractivity contribution in [2.24, 2.45) is 0 Å². The molecule has 0 radical (unpaired) electrons. The number of hydrogen-bond acceptors (Lipinski definition) is 4. The number of nitrogens with zero attached hydrogens (tertiary/aromatic N) is 1. The molecule has 6 nitrogen and oxygen atoms in total. The van der Waals surface area contributed by atoms with Gasteiger partial charge in [-0.15, -0.1) is 0 Å². The summed E-state index contributed by atoms with van der Waals surface area (Å²) in [7, 11) is 3.05. The molecule has 2 amide bonds. The third-order valence-corrected chi connectivity index (χ3v) is 3.55. The SMILES string of the molecule is COc1cc2c(cc1OC)C1C(=O)NCCN1C2=O. The number of nitrogens with one attached hydrogen (secondary N) is 1. The quantitative estimate of drug-likeness (QED) is 0.834. The highest BCUT2D eigenvalue weighted by Crippen LogP contribution is 2.41. The minimum atomic E-state index is -0.545. The molecule has 0 saturated carbocycles. The van der Waals surface area contributed by atoms with Gasteiger partial charge in [-0.25, -0.2) is 0 Å². The highest BCUT2D eigenvalue weighted by molar-refractivity contribution is 6.05. The van der Waals surface area contributed by atoms with Crippen LogP contribution in [0.3, 0.4) is 0 Å². The Hall–Kier alpha value is -2.24. The molecule has 0 spiro atoms. The summed E-state index contributed by atoms with van der Waals surface area (Å²) < 4.78 is 10.4. The van der Waals surface area contributed by atoms with E-state index in [1.165, 1.54) is 14.2 Å². The van der Waals surface area contributed by atoms with Gasteiger partial charge in [0.2, 0.25) is 5.91 Å². The van der Waals surface area contributed by atoms with Crippen LogP contribution in [0.25, 0.3) is 0 Å². The van der Waals surface area contributed by atoms with Gasteiger partial charge in [-0.1, -0.05) is 0 Å². The lowest BCUT2D eigenvalue weighted by Gasteiger charge is -2.29. The number of carbonyl (C=O) groups excluding carboxylic acids is 2. The van der Waals surface area contributed by atoms with E-state index in [9.17, 15) is 9.59 Å². The normalized spacial score (nSPS) is 20.7. The van der Waals surface area contributed by atoms with E-state index < -0.39 is 6.04 Å². The molecule has 1 fully saturated rings. The molecule has 1 atom stereocenters. The first-order chi connectivity index (χ1) is 9.17. The second kappa shape index (κ2) is 4.15. The van der Waals surface area contributed by atoms with Crippen molar-refractivity contribution in [1.29, 1.82) is 0 Å². The van der Waals surface area contributed by atoms with Gasteiger partial charge in [0.25, 0.3) is 5.91 Å². The summed E-state index contributed by atoms with van der Waals surface area (Å²) in [4.78, 5) is 25.8. The molecule has 0 aliphatic carbocycles. The van der Waals surface area contributed by atoms with Crippen LogP contribution in [-0.4, -0.2) is 44.0 Å². The number of hydrogen-bond donors (Lipinski definition) is 1. The summed E-state index contributed by atoms with van der Waals surface area (Å²) >= 11 is 0. The molecule has 2 aliphatic rings. The highest BCUT2D eigenvalue weighted by atomic mass is 16.5. The molecule has 0 bridgehead atoms. The van der Waals surface area contributed by atoms with Crippen LogP contribution >= 0.6 is 0 Å². The van der Waals surface area contributed by atoms with Gasteiger partial charge in [-0.05, 0) is 12.1 Å². The Bertz CT molecular complexity index is 570. The van der Waals surface area contributed by atoms with Crippen molar-refractivity contribution in [2.45, 2.75) is 6.04 Å². The van der Waals surface area contributed by atoms with Crippen LogP contribution in [0, 0.1) is 0 Å². The largest absolute Gasteiger partial charge is 0.493 e. The molecule has 19 heavy (non-hydrogen) atoms. The minimum absolute atomic E-state index is 0.129. The van der Waals surface area contributed by atoms with E-state index in [-0.39, 0.29) is 11.8 Å². The van der Waals surface area contributed by atoms with Crippen LogP contribution in [0.1, 0.15) is 22.0 Å². The summed E-state index contributed by atoms with van der Waals surface area (Å²) in [6.07, 6.45) is 0. The average Bonchev–Trinajstić information content (AvgIpc) is 2.71. The summed E-state index contributed by atoms with van der Waals surface area (Å²) in [6.45, 7) is 1.01. The second-order valence-corrected chi connectivity index (χ2v) is 4.49. The molecule has 6 heteroatoms. The lowest BCUT2D eigenvalue weighted by atomic mass is 10.0. The number of piperazine rings is 1. The molecular weight excluding hydrogens is 248 g/mol. The maximum atomic E-state index is 12.3. The monoisotopic (exact) mass is 262 g/mol. The van der Waals surface area contributed by atoms with Crippen molar-refractivity contribution in [1.82, 2.24) is 10.2 Å². The highest BCUT2D eigenvalue weighted by Gasteiger charge is 2.43. The molecule has 2 aliphatic heterocycles. The third kappa shape index (κ3) is 1.56. The number of methoxy groups -OCH3 is 2. The number of benzene rings is 1. The topological polar surface area (TPSA) is 67.9 Å². The van der Waals surface area contributed by atoms with Crippen molar-refractivity contribution in [3.05, 3.63) is 23.3 Å². The molecule has 3 rings (SSSR count). The van der Waals surface area contributed by atoms with E-state index in [1.54, 1.807) is 17.0 Å². The smallest absolute Gasteiger partial charge is 0.255 e. The Morgan fingerprint density at radius 3 is 2.58 bits per heavy atom. The van der Waals surface area contributed by atoms with Crippen LogP contribution in [0.2, 0.25) is 0 Å². The first kappa shape index (κ1) is 11.8. The van der Waals surface area contributed by atoms with E-state index in [4.69, 9.17) is 9.47 Å². The predicted octanol–water partition coefficient (Wildman–Crippen LogP) is 0.330. The maximum absolute atomic E-state index is 12.3. The predicted molar refractivity (Wildman–Crippen MR) is 66.3 cm³/mol. The van der Waals surface area contributed by atoms with Gasteiger partial charge in [-0.3, -0.25) is 9.59 Å². The Kier molecular flexibility index (Phi) is 2.58. The Balaban J connectivity index is 2.16. The lowest BCUT2D eigenvalue weighted by Crippen LogP contribution is -2.48. The zero-order valence-electron chi connectivity index (χ0n) is 10.7. The number of carbonyl (C=O) groups is 2. The van der Waals surface area contributed by atoms with E-state index in [0.29, 0.717) is 35.7 Å².